The van der Waals surface area contributed by atoms with Crippen LogP contribution in [0.2, 0.25) is 0 Å². The van der Waals surface area contributed by atoms with Gasteiger partial charge in [0.25, 0.3) is 0 Å². The second-order valence-electron chi connectivity index (χ2n) is 17.1. The zero-order valence-corrected chi connectivity index (χ0v) is 42.1. The molecule has 1 amide bonds. The van der Waals surface area contributed by atoms with Crippen molar-refractivity contribution in [1.82, 2.24) is 9.97 Å². The van der Waals surface area contributed by atoms with E-state index in [1.165, 1.54) is 32.2 Å². The molecule has 0 bridgehead atoms. The number of amides is 1. The van der Waals surface area contributed by atoms with Crippen LogP contribution < -0.4 is 5.32 Å². The van der Waals surface area contributed by atoms with Gasteiger partial charge >= 0.3 is 18.4 Å². The SMILES string of the molecule is CC(=O)c1cccc(C)c1.CCOC(=O)Nc1coc2ccc(C)cc12.Cc1cc2ocnc2cc1C(F)(F)F.Cc1cc2ocnc2cc1C(F)(F)F.Cc1ccc2occ(F)c2c1.Cc1ccc2occ(F)c2c1. The number of carbonyl (C=O) groups excluding carboxylic acids is 2. The van der Waals surface area contributed by atoms with E-state index in [-0.39, 0.29) is 39.6 Å². The van der Waals surface area contributed by atoms with E-state index in [4.69, 9.17) is 26.8 Å². The van der Waals surface area contributed by atoms with Crippen molar-refractivity contribution in [3.63, 3.8) is 0 Å². The highest BCUT2D eigenvalue weighted by Crippen LogP contribution is 2.35. The zero-order chi connectivity index (χ0) is 55.5. The summed E-state index contributed by atoms with van der Waals surface area (Å²) in [5.41, 5.74) is 7.85. The van der Waals surface area contributed by atoms with Gasteiger partial charge < -0.3 is 26.8 Å². The maximum Gasteiger partial charge on any atom is 0.416 e. The molecule has 0 aliphatic heterocycles. The first-order valence-corrected chi connectivity index (χ1v) is 23.0. The van der Waals surface area contributed by atoms with Gasteiger partial charge in [-0.3, -0.25) is 10.1 Å². The fourth-order valence-electron chi connectivity index (χ4n) is 7.23. The number of hydrogen-bond donors (Lipinski definition) is 1. The number of aromatic nitrogens is 2. The average molecular weight is 1060 g/mol. The number of ether oxygens (including phenoxy) is 1. The van der Waals surface area contributed by atoms with Crippen LogP contribution in [0.25, 0.3) is 55.1 Å². The van der Waals surface area contributed by atoms with Crippen LogP contribution in [-0.4, -0.2) is 28.5 Å². The molecule has 0 saturated heterocycles. The number of alkyl halides is 6. The Morgan fingerprint density at radius 2 is 0.947 bits per heavy atom. The molecule has 0 aliphatic rings. The predicted octanol–water partition coefficient (Wildman–Crippen LogP) is 17.6. The molecular weight excluding hydrogens is 1010 g/mol. The van der Waals surface area contributed by atoms with Crippen LogP contribution in [0.1, 0.15) is 68.7 Å². The largest absolute Gasteiger partial charge is 0.462 e. The summed E-state index contributed by atoms with van der Waals surface area (Å²) in [6, 6.07) is 28.9. The Morgan fingerprint density at radius 3 is 1.36 bits per heavy atom. The number of rotatable bonds is 3. The lowest BCUT2D eigenvalue weighted by atomic mass is 10.1. The number of Topliss-reactive ketones (excluding diaryl/α,β-unsaturated/α-hetero) is 1. The van der Waals surface area contributed by atoms with Crippen molar-refractivity contribution in [3.8, 4) is 0 Å². The first kappa shape index (κ1) is 56.6. The number of nitrogens with one attached hydrogen (secondary N) is 1. The molecule has 6 aromatic carbocycles. The van der Waals surface area contributed by atoms with E-state index in [9.17, 15) is 44.7 Å². The molecule has 11 rings (SSSR count). The smallest absolute Gasteiger partial charge is 0.416 e. The second-order valence-corrected chi connectivity index (χ2v) is 17.1. The van der Waals surface area contributed by atoms with Crippen LogP contribution in [0.15, 0.2) is 157 Å². The summed E-state index contributed by atoms with van der Waals surface area (Å²) in [7, 11) is 0. The minimum Gasteiger partial charge on any atom is -0.462 e. The topological polar surface area (TPSA) is 147 Å². The minimum atomic E-state index is -4.34. The minimum absolute atomic E-state index is 0.128. The first-order valence-electron chi connectivity index (χ1n) is 23.0. The van der Waals surface area contributed by atoms with Gasteiger partial charge in [0, 0.05) is 10.9 Å². The number of anilines is 1. The number of nitrogens with zero attached hydrogens (tertiary/aromatic N) is 2. The third kappa shape index (κ3) is 14.9. The first-order chi connectivity index (χ1) is 35.9. The van der Waals surface area contributed by atoms with Gasteiger partial charge in [0.2, 0.25) is 0 Å². The predicted molar refractivity (Wildman–Crippen MR) is 272 cm³/mol. The molecule has 5 heterocycles. The molecule has 19 heteroatoms. The molecule has 76 heavy (non-hydrogen) atoms. The normalized spacial score (nSPS) is 11.1. The van der Waals surface area contributed by atoms with Gasteiger partial charge in [0.15, 0.2) is 41.4 Å². The number of carbonyl (C=O) groups is 2. The highest BCUT2D eigenvalue weighted by Gasteiger charge is 2.34. The summed E-state index contributed by atoms with van der Waals surface area (Å²) in [5, 5.41) is 4.64. The van der Waals surface area contributed by atoms with Gasteiger partial charge in [0.1, 0.15) is 46.6 Å². The molecule has 11 aromatic rings. The van der Waals surface area contributed by atoms with Gasteiger partial charge in [0.05, 0.1) is 34.2 Å². The van der Waals surface area contributed by atoms with Crippen molar-refractivity contribution < 1.29 is 71.5 Å². The van der Waals surface area contributed by atoms with Gasteiger partial charge in [-0.2, -0.15) is 26.3 Å². The second kappa shape index (κ2) is 24.5. The molecule has 396 valence electrons. The van der Waals surface area contributed by atoms with E-state index >= 15 is 0 Å². The summed E-state index contributed by atoms with van der Waals surface area (Å²) >= 11 is 0. The van der Waals surface area contributed by atoms with E-state index in [2.05, 4.69) is 15.3 Å². The lowest BCUT2D eigenvalue weighted by Gasteiger charge is -2.08. The molecule has 5 aromatic heterocycles. The number of benzene rings is 6. The molecule has 0 unspecified atom stereocenters. The van der Waals surface area contributed by atoms with Crippen molar-refractivity contribution in [3.05, 3.63) is 196 Å². The number of fused-ring (bicyclic) bond motifs is 5. The van der Waals surface area contributed by atoms with E-state index in [0.29, 0.717) is 45.4 Å². The number of hydrogen-bond acceptors (Lipinski definition) is 10. The quantitative estimate of drug-likeness (QED) is 0.134. The molecule has 0 aliphatic carbocycles. The Hall–Kier alpha value is -8.74. The third-order valence-corrected chi connectivity index (χ3v) is 11.0. The fourth-order valence-corrected chi connectivity index (χ4v) is 7.23. The Morgan fingerprint density at radius 1 is 0.526 bits per heavy atom. The Kier molecular flexibility index (Phi) is 18.3. The van der Waals surface area contributed by atoms with Gasteiger partial charge in [-0.25, -0.2) is 23.5 Å². The molecular formula is C57H49F8N3O8. The van der Waals surface area contributed by atoms with Crippen molar-refractivity contribution in [2.75, 3.05) is 11.9 Å². The highest BCUT2D eigenvalue weighted by molar-refractivity contribution is 5.98. The van der Waals surface area contributed by atoms with Crippen LogP contribution >= 0.6 is 0 Å². The number of aryl methyl sites for hydroxylation is 6. The monoisotopic (exact) mass is 1060 g/mol. The molecule has 0 spiro atoms. The highest BCUT2D eigenvalue weighted by atomic mass is 19.4. The summed E-state index contributed by atoms with van der Waals surface area (Å²) in [6.45, 7) is 14.3. The van der Waals surface area contributed by atoms with E-state index in [0.717, 1.165) is 76.2 Å². The fraction of sp³-hybridized carbons (Fsp3) is 0.193. The summed E-state index contributed by atoms with van der Waals surface area (Å²) in [4.78, 5) is 29.4. The standard InChI is InChI=1S/C12H13NO3.2C9H6F3NO.2C9H7FO.C9H10O/c1-3-15-12(14)13-10-7-16-11-5-4-8(2)6-9(10)11;2*1-5-2-8-7(13-4-14-8)3-6(5)9(10,11)12;2*1-6-2-3-9-7(4-6)8(10)5-11-9;1-7-4-3-5-9(6-7)8(2)10/h4-7H,3H2,1-2H3,(H,13,14);2*2-4H,1H3;2*2-5H,1H3;3-6H,1-2H3. The third-order valence-electron chi connectivity index (χ3n) is 11.0. The molecule has 0 saturated carbocycles. The molecule has 0 fully saturated rings. The number of ketones is 1. The Bertz CT molecular complexity index is 3580. The Balaban J connectivity index is 0.000000149. The lowest BCUT2D eigenvalue weighted by molar-refractivity contribution is -0.138. The maximum absolute atomic E-state index is 12.8. The van der Waals surface area contributed by atoms with Crippen LogP contribution in [0.4, 0.5) is 45.6 Å². The average Bonchev–Trinajstić information content (AvgIpc) is 4.22. The van der Waals surface area contributed by atoms with Crippen molar-refractivity contribution in [2.24, 2.45) is 0 Å². The van der Waals surface area contributed by atoms with Crippen LogP contribution in [0.5, 0.6) is 0 Å². The molecule has 11 nitrogen and oxygen atoms in total. The number of furan rings is 3. The van der Waals surface area contributed by atoms with E-state index in [1.807, 2.05) is 82.3 Å². The lowest BCUT2D eigenvalue weighted by Crippen LogP contribution is -2.12. The number of oxazole rings is 2. The van der Waals surface area contributed by atoms with E-state index in [1.54, 1.807) is 38.1 Å². The van der Waals surface area contributed by atoms with Crippen LogP contribution in [-0.2, 0) is 17.1 Å². The van der Waals surface area contributed by atoms with Gasteiger partial charge in [-0.1, -0.05) is 58.7 Å². The van der Waals surface area contributed by atoms with Gasteiger partial charge in [-0.15, -0.1) is 0 Å². The van der Waals surface area contributed by atoms with Crippen molar-refractivity contribution in [1.29, 1.82) is 0 Å². The van der Waals surface area contributed by atoms with Crippen LogP contribution in [0.3, 0.4) is 0 Å². The van der Waals surface area contributed by atoms with E-state index < -0.39 is 29.6 Å². The van der Waals surface area contributed by atoms with Crippen LogP contribution in [0, 0.1) is 53.2 Å². The van der Waals surface area contributed by atoms with Crippen molar-refractivity contribution in [2.45, 2.75) is 67.7 Å². The van der Waals surface area contributed by atoms with Gasteiger partial charge in [-0.05, 0) is 133 Å². The Labute approximate surface area is 429 Å². The van der Waals surface area contributed by atoms with Crippen molar-refractivity contribution >= 4 is 72.7 Å². The number of halogens is 8. The maximum atomic E-state index is 12.8. The summed E-state index contributed by atoms with van der Waals surface area (Å²) in [5.74, 6) is -0.448. The summed E-state index contributed by atoms with van der Waals surface area (Å²) in [6.07, 6.45) is -3.11. The summed E-state index contributed by atoms with van der Waals surface area (Å²) < 4.78 is 130. The molecule has 0 atom stereocenters. The molecule has 1 N–H and O–H groups in total. The zero-order valence-electron chi connectivity index (χ0n) is 42.1. The molecule has 0 radical (unpaired) electrons.